The number of nitrogens with one attached hydrogen (secondary N) is 1. The lowest BCUT2D eigenvalue weighted by Crippen LogP contribution is -2.41. The summed E-state index contributed by atoms with van der Waals surface area (Å²) in [5, 5.41) is 12.6. The number of anilines is 2. The largest absolute Gasteiger partial charge is 0.354 e. The van der Waals surface area contributed by atoms with Crippen molar-refractivity contribution < 1.29 is 4.79 Å². The van der Waals surface area contributed by atoms with Crippen LogP contribution in [0.4, 0.5) is 11.5 Å². The molecule has 1 aliphatic rings. The van der Waals surface area contributed by atoms with Crippen LogP contribution in [0.3, 0.4) is 0 Å². The van der Waals surface area contributed by atoms with Gasteiger partial charge >= 0.3 is 0 Å². The number of benzene rings is 2. The van der Waals surface area contributed by atoms with Crippen LogP contribution >= 0.6 is 11.6 Å². The van der Waals surface area contributed by atoms with Crippen molar-refractivity contribution in [3.8, 4) is 11.3 Å². The number of carbonyl (C=O) groups is 1. The Morgan fingerprint density at radius 3 is 2.43 bits per heavy atom. The first kappa shape index (κ1) is 20.4. The molecule has 0 radical (unpaired) electrons. The molecule has 1 amide bonds. The first-order chi connectivity index (χ1) is 14.5. The highest BCUT2D eigenvalue weighted by atomic mass is 35.5. The Labute approximate surface area is 182 Å². The standard InChI is InChI=1S/C24H25ClN4O/c1-16-12-17(2)14-21(13-16)26-24(30)19-4-3-11-29(15-19)23-10-9-22(27-28-23)18-5-7-20(25)8-6-18/h5-10,12-14,19H,3-4,11,15H2,1-2H3,(H,26,30). The summed E-state index contributed by atoms with van der Waals surface area (Å²) >= 11 is 5.96. The van der Waals surface area contributed by atoms with Crippen molar-refractivity contribution in [2.24, 2.45) is 5.92 Å². The molecule has 30 heavy (non-hydrogen) atoms. The van der Waals surface area contributed by atoms with E-state index in [0.717, 1.165) is 53.3 Å². The van der Waals surface area contributed by atoms with Crippen molar-refractivity contribution in [2.45, 2.75) is 26.7 Å². The SMILES string of the molecule is Cc1cc(C)cc(NC(=O)C2CCCN(c3ccc(-c4ccc(Cl)cc4)nn3)C2)c1. The lowest BCUT2D eigenvalue weighted by Gasteiger charge is -2.32. The van der Waals surface area contributed by atoms with Gasteiger partial charge < -0.3 is 10.2 Å². The number of halogens is 1. The summed E-state index contributed by atoms with van der Waals surface area (Å²) in [6.07, 6.45) is 1.83. The van der Waals surface area contributed by atoms with Gasteiger partial charge in [-0.05, 0) is 74.2 Å². The summed E-state index contributed by atoms with van der Waals surface area (Å²) in [5.41, 5.74) is 4.93. The Kier molecular flexibility index (Phi) is 6.00. The van der Waals surface area contributed by atoms with E-state index in [0.29, 0.717) is 11.6 Å². The van der Waals surface area contributed by atoms with Gasteiger partial charge in [0.25, 0.3) is 0 Å². The first-order valence-electron chi connectivity index (χ1n) is 10.2. The van der Waals surface area contributed by atoms with E-state index in [1.165, 1.54) is 0 Å². The molecule has 5 nitrogen and oxygen atoms in total. The van der Waals surface area contributed by atoms with Gasteiger partial charge in [0, 0.05) is 29.4 Å². The Balaban J connectivity index is 1.43. The van der Waals surface area contributed by atoms with E-state index in [9.17, 15) is 4.79 Å². The Morgan fingerprint density at radius 1 is 1.03 bits per heavy atom. The third-order valence-electron chi connectivity index (χ3n) is 5.40. The number of rotatable bonds is 4. The van der Waals surface area contributed by atoms with Crippen LogP contribution in [-0.4, -0.2) is 29.2 Å². The summed E-state index contributed by atoms with van der Waals surface area (Å²) in [7, 11) is 0. The zero-order valence-corrected chi connectivity index (χ0v) is 18.0. The van der Waals surface area contributed by atoms with Crippen LogP contribution in [0.15, 0.2) is 54.6 Å². The molecular formula is C24H25ClN4O. The molecule has 4 rings (SSSR count). The van der Waals surface area contributed by atoms with E-state index < -0.39 is 0 Å². The maximum Gasteiger partial charge on any atom is 0.229 e. The monoisotopic (exact) mass is 420 g/mol. The van der Waals surface area contributed by atoms with Crippen LogP contribution in [-0.2, 0) is 4.79 Å². The minimum absolute atomic E-state index is 0.0652. The highest BCUT2D eigenvalue weighted by Gasteiger charge is 2.27. The highest BCUT2D eigenvalue weighted by Crippen LogP contribution is 2.25. The number of aryl methyl sites for hydroxylation is 2. The normalized spacial score (nSPS) is 16.4. The van der Waals surface area contributed by atoms with Gasteiger partial charge in [-0.15, -0.1) is 10.2 Å². The van der Waals surface area contributed by atoms with Gasteiger partial charge in [-0.1, -0.05) is 29.8 Å². The van der Waals surface area contributed by atoms with Gasteiger partial charge in [0.1, 0.15) is 0 Å². The summed E-state index contributed by atoms with van der Waals surface area (Å²) in [6.45, 7) is 5.60. The number of amides is 1. The Bertz CT molecular complexity index is 1010. The molecule has 154 valence electrons. The number of hydrogen-bond acceptors (Lipinski definition) is 4. The molecule has 1 unspecified atom stereocenters. The molecule has 2 heterocycles. The molecule has 0 bridgehead atoms. The third kappa shape index (κ3) is 4.79. The predicted octanol–water partition coefficient (Wildman–Crippen LogP) is 5.27. The van der Waals surface area contributed by atoms with Gasteiger partial charge in [-0.2, -0.15) is 0 Å². The lowest BCUT2D eigenvalue weighted by atomic mass is 9.97. The van der Waals surface area contributed by atoms with Gasteiger partial charge in [0.2, 0.25) is 5.91 Å². The van der Waals surface area contributed by atoms with Crippen molar-refractivity contribution in [3.05, 3.63) is 70.7 Å². The average molecular weight is 421 g/mol. The lowest BCUT2D eigenvalue weighted by molar-refractivity contribution is -0.120. The molecule has 1 atom stereocenters. The zero-order valence-electron chi connectivity index (χ0n) is 17.2. The molecule has 1 aromatic heterocycles. The van der Waals surface area contributed by atoms with E-state index in [2.05, 4.69) is 26.5 Å². The summed E-state index contributed by atoms with van der Waals surface area (Å²) < 4.78 is 0. The molecular weight excluding hydrogens is 396 g/mol. The van der Waals surface area contributed by atoms with E-state index in [4.69, 9.17) is 11.6 Å². The zero-order chi connectivity index (χ0) is 21.1. The first-order valence-corrected chi connectivity index (χ1v) is 10.6. The van der Waals surface area contributed by atoms with Crippen LogP contribution < -0.4 is 10.2 Å². The van der Waals surface area contributed by atoms with E-state index in [1.54, 1.807) is 0 Å². The van der Waals surface area contributed by atoms with Crippen LogP contribution in [0.5, 0.6) is 0 Å². The van der Waals surface area contributed by atoms with Crippen LogP contribution in [0.2, 0.25) is 5.02 Å². The summed E-state index contributed by atoms with van der Waals surface area (Å²) in [4.78, 5) is 15.0. The molecule has 2 aromatic carbocycles. The van der Waals surface area contributed by atoms with Crippen molar-refractivity contribution in [1.29, 1.82) is 0 Å². The fraction of sp³-hybridized carbons (Fsp3) is 0.292. The molecule has 1 saturated heterocycles. The number of aromatic nitrogens is 2. The van der Waals surface area contributed by atoms with Crippen molar-refractivity contribution in [3.63, 3.8) is 0 Å². The quantitative estimate of drug-likeness (QED) is 0.624. The van der Waals surface area contributed by atoms with Crippen LogP contribution in [0.25, 0.3) is 11.3 Å². The van der Waals surface area contributed by atoms with Crippen molar-refractivity contribution >= 4 is 29.0 Å². The maximum absolute atomic E-state index is 12.8. The second-order valence-electron chi connectivity index (χ2n) is 7.93. The molecule has 0 aliphatic carbocycles. The minimum Gasteiger partial charge on any atom is -0.354 e. The molecule has 6 heteroatoms. The van der Waals surface area contributed by atoms with Gasteiger partial charge in [0.05, 0.1) is 11.6 Å². The predicted molar refractivity (Wildman–Crippen MR) is 122 cm³/mol. The van der Waals surface area contributed by atoms with E-state index in [1.807, 2.05) is 62.4 Å². The van der Waals surface area contributed by atoms with Crippen LogP contribution in [0, 0.1) is 19.8 Å². The second-order valence-corrected chi connectivity index (χ2v) is 8.37. The minimum atomic E-state index is -0.0719. The smallest absolute Gasteiger partial charge is 0.229 e. The highest BCUT2D eigenvalue weighted by molar-refractivity contribution is 6.30. The van der Waals surface area contributed by atoms with Crippen molar-refractivity contribution in [1.82, 2.24) is 10.2 Å². The second kappa shape index (κ2) is 8.84. The molecule has 3 aromatic rings. The molecule has 0 saturated carbocycles. The van der Waals surface area contributed by atoms with E-state index >= 15 is 0 Å². The molecule has 1 fully saturated rings. The maximum atomic E-state index is 12.8. The summed E-state index contributed by atoms with van der Waals surface area (Å²) in [5.74, 6) is 0.796. The fourth-order valence-electron chi connectivity index (χ4n) is 3.96. The number of nitrogens with zero attached hydrogens (tertiary/aromatic N) is 3. The number of hydrogen-bond donors (Lipinski definition) is 1. The average Bonchev–Trinajstić information content (AvgIpc) is 2.74. The topological polar surface area (TPSA) is 58.1 Å². The Morgan fingerprint density at radius 2 is 1.77 bits per heavy atom. The number of carbonyl (C=O) groups excluding carboxylic acids is 1. The molecule has 1 N–H and O–H groups in total. The summed E-state index contributed by atoms with van der Waals surface area (Å²) in [6, 6.07) is 17.6. The van der Waals surface area contributed by atoms with Gasteiger partial charge in [0.15, 0.2) is 5.82 Å². The van der Waals surface area contributed by atoms with Gasteiger partial charge in [-0.25, -0.2) is 0 Å². The molecule has 0 spiro atoms. The third-order valence-corrected chi connectivity index (χ3v) is 5.65. The number of piperidine rings is 1. The van der Waals surface area contributed by atoms with E-state index in [-0.39, 0.29) is 11.8 Å². The molecule has 1 aliphatic heterocycles. The van der Waals surface area contributed by atoms with Gasteiger partial charge in [-0.3, -0.25) is 4.79 Å². The Hall–Kier alpha value is -2.92. The van der Waals surface area contributed by atoms with Crippen molar-refractivity contribution in [2.75, 3.05) is 23.3 Å². The fourth-order valence-corrected chi connectivity index (χ4v) is 4.08. The van der Waals surface area contributed by atoms with Crippen LogP contribution in [0.1, 0.15) is 24.0 Å².